The molecule has 1 unspecified atom stereocenters. The summed E-state index contributed by atoms with van der Waals surface area (Å²) in [5.74, 6) is 1.49. The first-order valence-corrected chi connectivity index (χ1v) is 9.15. The first-order chi connectivity index (χ1) is 11.9. The lowest BCUT2D eigenvalue weighted by Crippen LogP contribution is -2.46. The summed E-state index contributed by atoms with van der Waals surface area (Å²) in [5.41, 5.74) is 0.547. The summed E-state index contributed by atoms with van der Waals surface area (Å²) in [6.45, 7) is 11.7. The van der Waals surface area contributed by atoms with Crippen molar-refractivity contribution < 1.29 is 14.3 Å². The molecule has 25 heavy (non-hydrogen) atoms. The number of fused-ring (bicyclic) bond motifs is 1. The van der Waals surface area contributed by atoms with Gasteiger partial charge >= 0.3 is 6.09 Å². The molecule has 7 nitrogen and oxygen atoms in total. The van der Waals surface area contributed by atoms with Crippen LogP contribution in [0.2, 0.25) is 0 Å². The van der Waals surface area contributed by atoms with Crippen LogP contribution in [0.4, 0.5) is 10.6 Å². The van der Waals surface area contributed by atoms with E-state index in [2.05, 4.69) is 15.3 Å². The fourth-order valence-electron chi connectivity index (χ4n) is 2.87. The Bertz CT molecular complexity index is 586. The molecular formula is C18H30N4O3. The molecule has 7 heteroatoms. The minimum Gasteiger partial charge on any atom is -0.472 e. The Morgan fingerprint density at radius 2 is 2.08 bits per heavy atom. The Morgan fingerprint density at radius 3 is 2.80 bits per heavy atom. The third-order valence-corrected chi connectivity index (χ3v) is 3.88. The number of nitrogens with one attached hydrogen (secondary N) is 1. The fraction of sp³-hybridized carbons (Fsp3) is 0.722. The van der Waals surface area contributed by atoms with E-state index in [0.29, 0.717) is 19.0 Å². The third kappa shape index (κ3) is 5.21. The zero-order valence-electron chi connectivity index (χ0n) is 16.0. The molecule has 1 atom stereocenters. The highest BCUT2D eigenvalue weighted by Gasteiger charge is 2.29. The van der Waals surface area contributed by atoms with E-state index in [0.717, 1.165) is 37.2 Å². The molecule has 1 aromatic heterocycles. The van der Waals surface area contributed by atoms with Crippen molar-refractivity contribution in [1.82, 2.24) is 14.9 Å². The van der Waals surface area contributed by atoms with Gasteiger partial charge in [0.25, 0.3) is 0 Å². The van der Waals surface area contributed by atoms with Gasteiger partial charge < -0.3 is 19.7 Å². The number of amides is 1. The number of nitrogens with zero attached hydrogens (tertiary/aromatic N) is 3. The number of likely N-dealkylation sites (tertiary alicyclic amines) is 1. The van der Waals surface area contributed by atoms with Gasteiger partial charge in [-0.1, -0.05) is 13.8 Å². The quantitative estimate of drug-likeness (QED) is 0.882. The van der Waals surface area contributed by atoms with Gasteiger partial charge in [-0.2, -0.15) is 0 Å². The summed E-state index contributed by atoms with van der Waals surface area (Å²) in [6, 6.07) is 0. The maximum Gasteiger partial charge on any atom is 0.410 e. The number of anilines is 1. The summed E-state index contributed by atoms with van der Waals surface area (Å²) in [6.07, 6.45) is 3.85. The van der Waals surface area contributed by atoms with Crippen LogP contribution in [-0.4, -0.2) is 52.3 Å². The first kappa shape index (κ1) is 19.3. The average molecular weight is 350 g/mol. The van der Waals surface area contributed by atoms with Crippen LogP contribution in [0.15, 0.2) is 6.33 Å². The van der Waals surface area contributed by atoms with Gasteiger partial charge in [-0.25, -0.2) is 14.8 Å². The Morgan fingerprint density at radius 1 is 1.32 bits per heavy atom. The number of aromatic nitrogens is 2. The van der Waals surface area contributed by atoms with Crippen LogP contribution in [0.1, 0.15) is 53.0 Å². The summed E-state index contributed by atoms with van der Waals surface area (Å²) < 4.78 is 11.5. The van der Waals surface area contributed by atoms with Gasteiger partial charge in [0.1, 0.15) is 23.9 Å². The van der Waals surface area contributed by atoms with Crippen LogP contribution in [0, 0.1) is 0 Å². The Hall–Kier alpha value is -2.05. The Balaban J connectivity index is 0.00000109. The minimum atomic E-state index is -0.482. The molecule has 3 rings (SSSR count). The van der Waals surface area contributed by atoms with Crippen LogP contribution in [0.25, 0.3) is 0 Å². The zero-order chi connectivity index (χ0) is 18.4. The SMILES string of the molecule is CC.CC(C)(C)OC(=O)N1CCCC(Oc2ncnc3c2CCN3)C1. The van der Waals surface area contributed by atoms with Crippen molar-refractivity contribution >= 4 is 11.9 Å². The largest absolute Gasteiger partial charge is 0.472 e. The highest BCUT2D eigenvalue weighted by Crippen LogP contribution is 2.28. The van der Waals surface area contributed by atoms with E-state index in [4.69, 9.17) is 9.47 Å². The number of ether oxygens (including phenoxy) is 2. The van der Waals surface area contributed by atoms with E-state index < -0.39 is 5.60 Å². The van der Waals surface area contributed by atoms with Crippen molar-refractivity contribution in [3.05, 3.63) is 11.9 Å². The van der Waals surface area contributed by atoms with E-state index in [1.165, 1.54) is 6.33 Å². The predicted molar refractivity (Wildman–Crippen MR) is 97.0 cm³/mol. The van der Waals surface area contributed by atoms with Crippen molar-refractivity contribution in [2.24, 2.45) is 0 Å². The molecule has 1 saturated heterocycles. The van der Waals surface area contributed by atoms with Gasteiger partial charge in [0.15, 0.2) is 0 Å². The maximum absolute atomic E-state index is 12.2. The van der Waals surface area contributed by atoms with Crippen molar-refractivity contribution in [3.8, 4) is 5.88 Å². The van der Waals surface area contributed by atoms with Gasteiger partial charge in [-0.05, 0) is 40.0 Å². The smallest absolute Gasteiger partial charge is 0.410 e. The number of hydrogen-bond donors (Lipinski definition) is 1. The van der Waals surface area contributed by atoms with Gasteiger partial charge in [-0.3, -0.25) is 0 Å². The lowest BCUT2D eigenvalue weighted by Gasteiger charge is -2.34. The molecule has 1 N–H and O–H groups in total. The van der Waals surface area contributed by atoms with Crippen molar-refractivity contribution in [2.75, 3.05) is 25.0 Å². The fourth-order valence-corrected chi connectivity index (χ4v) is 2.87. The average Bonchev–Trinajstić information content (AvgIpc) is 3.05. The maximum atomic E-state index is 12.2. The molecule has 3 heterocycles. The van der Waals surface area contributed by atoms with Crippen molar-refractivity contribution in [2.45, 2.75) is 65.6 Å². The number of carbonyl (C=O) groups excluding carboxylic acids is 1. The van der Waals surface area contributed by atoms with E-state index in [9.17, 15) is 4.79 Å². The second-order valence-corrected chi connectivity index (χ2v) is 6.99. The molecule has 1 aromatic rings. The molecular weight excluding hydrogens is 320 g/mol. The number of hydrogen-bond acceptors (Lipinski definition) is 6. The van der Waals surface area contributed by atoms with Crippen LogP contribution >= 0.6 is 0 Å². The molecule has 1 amide bonds. The molecule has 2 aliphatic rings. The molecule has 0 bridgehead atoms. The lowest BCUT2D eigenvalue weighted by molar-refractivity contribution is 0.00712. The summed E-state index contributed by atoms with van der Waals surface area (Å²) in [4.78, 5) is 22.4. The number of piperidine rings is 1. The molecule has 1 fully saturated rings. The normalized spacial score (nSPS) is 19.2. The van der Waals surface area contributed by atoms with Crippen LogP contribution < -0.4 is 10.1 Å². The predicted octanol–water partition coefficient (Wildman–Crippen LogP) is 3.25. The van der Waals surface area contributed by atoms with E-state index in [-0.39, 0.29) is 12.2 Å². The van der Waals surface area contributed by atoms with E-state index in [1.807, 2.05) is 34.6 Å². The van der Waals surface area contributed by atoms with Crippen molar-refractivity contribution in [3.63, 3.8) is 0 Å². The molecule has 0 aromatic carbocycles. The number of rotatable bonds is 2. The minimum absolute atomic E-state index is 0.0594. The second kappa shape index (κ2) is 8.36. The standard InChI is InChI=1S/C16H24N4O3.C2H6/c1-16(2,3)23-15(21)20-8-4-5-11(9-20)22-14-12-6-7-17-13(12)18-10-19-14;1-2/h10-11H,4-9H2,1-3H3,(H,17,18,19);1-2H3. The lowest BCUT2D eigenvalue weighted by atomic mass is 10.1. The van der Waals surface area contributed by atoms with Crippen LogP contribution in [-0.2, 0) is 11.2 Å². The van der Waals surface area contributed by atoms with Gasteiger partial charge in [-0.15, -0.1) is 0 Å². The van der Waals surface area contributed by atoms with Crippen LogP contribution in [0.5, 0.6) is 5.88 Å². The highest BCUT2D eigenvalue weighted by molar-refractivity contribution is 5.68. The second-order valence-electron chi connectivity index (χ2n) is 6.99. The van der Waals surface area contributed by atoms with Crippen LogP contribution in [0.3, 0.4) is 0 Å². The topological polar surface area (TPSA) is 76.6 Å². The van der Waals surface area contributed by atoms with E-state index in [1.54, 1.807) is 4.90 Å². The molecule has 2 aliphatic heterocycles. The van der Waals surface area contributed by atoms with Gasteiger partial charge in [0.05, 0.1) is 12.1 Å². The van der Waals surface area contributed by atoms with E-state index >= 15 is 0 Å². The highest BCUT2D eigenvalue weighted by atomic mass is 16.6. The Kier molecular flexibility index (Phi) is 6.45. The van der Waals surface area contributed by atoms with Gasteiger partial charge in [0.2, 0.25) is 5.88 Å². The summed E-state index contributed by atoms with van der Waals surface area (Å²) >= 11 is 0. The first-order valence-electron chi connectivity index (χ1n) is 9.15. The van der Waals surface area contributed by atoms with Gasteiger partial charge in [0, 0.05) is 13.1 Å². The summed E-state index contributed by atoms with van der Waals surface area (Å²) in [5, 5.41) is 3.21. The molecule has 140 valence electrons. The molecule has 0 aliphatic carbocycles. The third-order valence-electron chi connectivity index (χ3n) is 3.88. The summed E-state index contributed by atoms with van der Waals surface area (Å²) in [7, 11) is 0. The number of carbonyl (C=O) groups is 1. The Labute approximate surface area is 150 Å². The molecule has 0 spiro atoms. The molecule has 0 radical (unpaired) electrons. The monoisotopic (exact) mass is 350 g/mol. The zero-order valence-corrected chi connectivity index (χ0v) is 16.0. The molecule has 0 saturated carbocycles. The van der Waals surface area contributed by atoms with Crippen molar-refractivity contribution in [1.29, 1.82) is 0 Å².